The molecule has 121 heavy (non-hydrogen) atoms. The fourth-order valence-electron chi connectivity index (χ4n) is 18.8. The molecule has 0 radical (unpaired) electrons. The maximum absolute atomic E-state index is 6.36. The molecule has 0 aliphatic carbocycles. The van der Waals surface area contributed by atoms with Gasteiger partial charge in [-0.3, -0.25) is 9.13 Å². The lowest BCUT2D eigenvalue weighted by Crippen LogP contribution is -2.07. The first kappa shape index (κ1) is 67.7. The number of rotatable bonds is 10. The third kappa shape index (κ3) is 10.6. The van der Waals surface area contributed by atoms with Gasteiger partial charge in [0.15, 0.2) is 23.3 Å². The van der Waals surface area contributed by atoms with Crippen LogP contribution in [0.4, 0.5) is 0 Å². The van der Waals surface area contributed by atoms with Crippen LogP contribution in [0.25, 0.3) is 239 Å². The van der Waals surface area contributed by atoms with Crippen LogP contribution in [-0.2, 0) is 0 Å². The van der Waals surface area contributed by atoms with Crippen molar-refractivity contribution in [1.29, 1.82) is 0 Å². The van der Waals surface area contributed by atoms with Gasteiger partial charge in [0.25, 0.3) is 0 Å². The Morgan fingerprint density at radius 1 is 0.174 bits per heavy atom. The van der Waals surface area contributed by atoms with Crippen molar-refractivity contribution in [2.24, 2.45) is 0 Å². The molecule has 13 nitrogen and oxygen atoms in total. The molecule has 17 aromatic carbocycles. The molecule has 13 heteroatoms. The molecule has 0 atom stereocenters. The van der Waals surface area contributed by atoms with E-state index in [0.29, 0.717) is 35.2 Å². The average molecular weight is 1550 g/mol. The molecule has 0 aliphatic rings. The molecule has 0 unspecified atom stereocenters. The molecule has 0 fully saturated rings. The molecule has 564 valence electrons. The number of fused-ring (bicyclic) bond motifs is 23. The van der Waals surface area contributed by atoms with Gasteiger partial charge in [-0.25, -0.2) is 9.97 Å². The molecule has 0 N–H and O–H groups in total. The molecule has 9 heterocycles. The highest BCUT2D eigenvalue weighted by Crippen LogP contribution is 2.47. The minimum absolute atomic E-state index is 0.518. The van der Waals surface area contributed by atoms with Gasteiger partial charge in [-0.15, -0.1) is 0 Å². The van der Waals surface area contributed by atoms with Crippen molar-refractivity contribution in [3.63, 3.8) is 0 Å². The quantitative estimate of drug-likeness (QED) is 0.132. The van der Waals surface area contributed by atoms with Gasteiger partial charge in [-0.1, -0.05) is 273 Å². The Bertz CT molecular complexity index is 8580. The van der Waals surface area contributed by atoms with Crippen LogP contribution < -0.4 is 0 Å². The lowest BCUT2D eigenvalue weighted by atomic mass is 10.1. The van der Waals surface area contributed by atoms with E-state index in [1.807, 2.05) is 66.7 Å². The van der Waals surface area contributed by atoms with Crippen LogP contribution in [0.1, 0.15) is 0 Å². The zero-order valence-electron chi connectivity index (χ0n) is 64.8. The maximum atomic E-state index is 6.36. The van der Waals surface area contributed by atoms with Crippen molar-refractivity contribution >= 4 is 153 Å². The van der Waals surface area contributed by atoms with Gasteiger partial charge in [-0.2, -0.15) is 19.9 Å². The predicted octanol–water partition coefficient (Wildman–Crippen LogP) is 27.4. The summed E-state index contributed by atoms with van der Waals surface area (Å²) in [6.07, 6.45) is 0. The van der Waals surface area contributed by atoms with Crippen LogP contribution in [0, 0.1) is 0 Å². The summed E-state index contributed by atoms with van der Waals surface area (Å²) in [5.41, 5.74) is 23.1. The van der Waals surface area contributed by atoms with Crippen LogP contribution >= 0.6 is 0 Å². The smallest absolute Gasteiger partial charge is 0.238 e. The molecular formula is C108H65N11O2. The zero-order valence-corrected chi connectivity index (χ0v) is 64.8. The molecule has 26 rings (SSSR count). The average Bonchev–Trinajstić information content (AvgIpc) is 1.55. The van der Waals surface area contributed by atoms with E-state index in [1.165, 1.54) is 16.5 Å². The Hall–Kier alpha value is -16.6. The largest absolute Gasteiger partial charge is 0.456 e. The third-order valence-electron chi connectivity index (χ3n) is 24.1. The first-order chi connectivity index (χ1) is 60.0. The highest BCUT2D eigenvalue weighted by atomic mass is 16.3. The Morgan fingerprint density at radius 3 is 0.983 bits per heavy atom. The Labute approximate surface area is 690 Å². The molecule has 9 aromatic heterocycles. The molecule has 0 bridgehead atoms. The van der Waals surface area contributed by atoms with Crippen molar-refractivity contribution < 1.29 is 8.83 Å². The standard InChI is InChI=1S/C57H36N6.C51H29N5O2/c1-4-17-37(18-5-1)38-31-33-41(34-32-38)61-50-30-15-12-25-46(50)52-51(61)36-35-45-43-24-11-14-29-49(43)63(54(45)52)57-59-55(39-19-6-2-7-20-39)58-56(60-57)47-27-16-26-44-42-23-10-13-28-48(42)62(53(44)47)40-21-8-3-9-22-40;1-2-12-32(13-3-1)55-41-19-9-5-17-39(41)47-42(55)27-26-38-33-14-4-8-18-40(33)56(48(38)47)51-53-49(30-22-24-36-34-15-6-10-20-43(34)57-45(36)28-30)52-50(54-51)31-23-25-37-35-16-7-11-21-44(35)58-46(37)29-31/h1-36H;1-29H. The van der Waals surface area contributed by atoms with E-state index in [4.69, 9.17) is 38.7 Å². The second-order valence-electron chi connectivity index (χ2n) is 30.8. The Morgan fingerprint density at radius 2 is 0.496 bits per heavy atom. The number of hydrogen-bond acceptors (Lipinski definition) is 8. The third-order valence-corrected chi connectivity index (χ3v) is 24.1. The Balaban J connectivity index is 0.000000134. The summed E-state index contributed by atoms with van der Waals surface area (Å²) in [4.78, 5) is 32.2. The number of nitrogens with zero attached hydrogens (tertiary/aromatic N) is 11. The second kappa shape index (κ2) is 27.0. The monoisotopic (exact) mass is 1550 g/mol. The van der Waals surface area contributed by atoms with Gasteiger partial charge in [0.05, 0.1) is 55.2 Å². The summed E-state index contributed by atoms with van der Waals surface area (Å²) < 4.78 is 24.3. The highest BCUT2D eigenvalue weighted by molar-refractivity contribution is 6.28. The van der Waals surface area contributed by atoms with E-state index < -0.39 is 0 Å². The fourth-order valence-corrected chi connectivity index (χ4v) is 18.8. The summed E-state index contributed by atoms with van der Waals surface area (Å²) in [6.45, 7) is 0. The molecule has 26 aromatic rings. The Kier molecular flexibility index (Phi) is 15.1. The van der Waals surface area contributed by atoms with E-state index in [1.54, 1.807) is 0 Å². The lowest BCUT2D eigenvalue weighted by Gasteiger charge is -2.14. The van der Waals surface area contributed by atoms with Crippen molar-refractivity contribution in [1.82, 2.24) is 52.7 Å². The topological polar surface area (TPSA) is 128 Å². The zero-order chi connectivity index (χ0) is 79.3. The minimum atomic E-state index is 0.518. The van der Waals surface area contributed by atoms with E-state index >= 15 is 0 Å². The van der Waals surface area contributed by atoms with E-state index in [0.717, 1.165) is 187 Å². The van der Waals surface area contributed by atoms with Crippen LogP contribution in [-0.4, -0.2) is 52.7 Å². The number of furan rings is 2. The van der Waals surface area contributed by atoms with Gasteiger partial charge < -0.3 is 22.5 Å². The number of para-hydroxylation sites is 10. The normalized spacial score (nSPS) is 12.0. The predicted molar refractivity (Wildman–Crippen MR) is 493 cm³/mol. The molecular weight excluding hydrogens is 1480 g/mol. The van der Waals surface area contributed by atoms with Crippen LogP contribution in [0.15, 0.2) is 403 Å². The van der Waals surface area contributed by atoms with E-state index in [-0.39, 0.29) is 0 Å². The SMILES string of the molecule is c1ccc(-c2ccc(-n3c4ccccc4c4c3ccc3c5ccccc5n(-c5nc(-c6ccccc6)nc(-c6cccc7c8ccccc8n(-c8ccccc8)c67)n5)c34)cc2)cc1.c1ccc(-n2c3ccccc3c3c2ccc2c4ccccc4n(-c4nc(-c5ccc6c(c5)oc5ccccc56)nc(-c5ccc6c(c5)oc5ccccc56)n4)c23)cc1. The first-order valence-electron chi connectivity index (χ1n) is 40.7. The van der Waals surface area contributed by atoms with Gasteiger partial charge in [0, 0.05) is 115 Å². The van der Waals surface area contributed by atoms with Crippen LogP contribution in [0.5, 0.6) is 0 Å². The van der Waals surface area contributed by atoms with Gasteiger partial charge in [0.2, 0.25) is 11.9 Å². The summed E-state index contributed by atoms with van der Waals surface area (Å²) in [5.74, 6) is 3.36. The molecule has 0 amide bonds. The number of benzene rings is 17. The minimum Gasteiger partial charge on any atom is -0.456 e. The highest BCUT2D eigenvalue weighted by Gasteiger charge is 2.28. The van der Waals surface area contributed by atoms with Crippen molar-refractivity contribution in [3.05, 3.63) is 394 Å². The first-order valence-corrected chi connectivity index (χ1v) is 40.7. The fraction of sp³-hybridized carbons (Fsp3) is 0. The van der Waals surface area contributed by atoms with Gasteiger partial charge in [0.1, 0.15) is 22.3 Å². The molecule has 0 saturated heterocycles. The van der Waals surface area contributed by atoms with Gasteiger partial charge in [-0.05, 0) is 132 Å². The van der Waals surface area contributed by atoms with Crippen LogP contribution in [0.3, 0.4) is 0 Å². The maximum Gasteiger partial charge on any atom is 0.238 e. The molecule has 0 aliphatic heterocycles. The van der Waals surface area contributed by atoms with Crippen molar-refractivity contribution in [2.45, 2.75) is 0 Å². The second-order valence-corrected chi connectivity index (χ2v) is 30.8. The molecule has 0 spiro atoms. The van der Waals surface area contributed by atoms with Gasteiger partial charge >= 0.3 is 0 Å². The number of aromatic nitrogens is 11. The van der Waals surface area contributed by atoms with Crippen molar-refractivity contribution in [3.8, 4) is 85.6 Å². The molecule has 0 saturated carbocycles. The summed E-state index contributed by atoms with van der Waals surface area (Å²) in [6, 6.07) is 138. The summed E-state index contributed by atoms with van der Waals surface area (Å²) in [5, 5.41) is 15.6. The summed E-state index contributed by atoms with van der Waals surface area (Å²) in [7, 11) is 0. The van der Waals surface area contributed by atoms with E-state index in [9.17, 15) is 0 Å². The number of hydrogen-bond donors (Lipinski definition) is 0. The summed E-state index contributed by atoms with van der Waals surface area (Å²) >= 11 is 0. The van der Waals surface area contributed by atoms with Crippen LogP contribution in [0.2, 0.25) is 0 Å². The van der Waals surface area contributed by atoms with Crippen molar-refractivity contribution in [2.75, 3.05) is 0 Å². The van der Waals surface area contributed by atoms with E-state index in [2.05, 4.69) is 350 Å². The lowest BCUT2D eigenvalue weighted by molar-refractivity contribution is 0.668.